The molecule has 1 aromatic heterocycles. The lowest BCUT2D eigenvalue weighted by Crippen LogP contribution is -2.51. The van der Waals surface area contributed by atoms with E-state index in [0.717, 1.165) is 6.42 Å². The molecule has 2 heterocycles. The summed E-state index contributed by atoms with van der Waals surface area (Å²) in [7, 11) is 0. The maximum Gasteiger partial charge on any atom is 0.272 e. The van der Waals surface area contributed by atoms with Gasteiger partial charge in [0.15, 0.2) is 0 Å². The first kappa shape index (κ1) is 12.8. The van der Waals surface area contributed by atoms with E-state index in [-0.39, 0.29) is 18.1 Å². The number of nitrogens with two attached hydrogens (primary N) is 1. The van der Waals surface area contributed by atoms with Crippen LogP contribution in [0.2, 0.25) is 0 Å². The topological polar surface area (TPSA) is 68.5 Å². The van der Waals surface area contributed by atoms with Gasteiger partial charge < -0.3 is 15.4 Å². The molecule has 18 heavy (non-hydrogen) atoms. The van der Waals surface area contributed by atoms with Crippen LogP contribution in [0.5, 0.6) is 0 Å². The molecule has 5 heteroatoms. The van der Waals surface area contributed by atoms with E-state index in [1.807, 2.05) is 11.8 Å². The van der Waals surface area contributed by atoms with Crippen LogP contribution >= 0.6 is 0 Å². The zero-order valence-electron chi connectivity index (χ0n) is 10.8. The van der Waals surface area contributed by atoms with Crippen LogP contribution in [0.1, 0.15) is 30.8 Å². The largest absolute Gasteiger partial charge is 0.397 e. The van der Waals surface area contributed by atoms with Crippen molar-refractivity contribution in [3.63, 3.8) is 0 Å². The van der Waals surface area contributed by atoms with Gasteiger partial charge in [-0.15, -0.1) is 0 Å². The molecule has 0 bridgehead atoms. The maximum atomic E-state index is 12.4. The van der Waals surface area contributed by atoms with Crippen molar-refractivity contribution in [1.29, 1.82) is 0 Å². The molecule has 5 nitrogen and oxygen atoms in total. The number of hydrogen-bond acceptors (Lipinski definition) is 4. The number of nitrogen functional groups attached to an aromatic ring is 1. The summed E-state index contributed by atoms with van der Waals surface area (Å²) in [6.45, 7) is 5.24. The van der Waals surface area contributed by atoms with Gasteiger partial charge in [0.05, 0.1) is 30.6 Å². The third kappa shape index (κ3) is 2.61. The molecule has 0 radical (unpaired) electrons. The molecule has 1 aromatic rings. The predicted octanol–water partition coefficient (Wildman–Crippen LogP) is 1.30. The van der Waals surface area contributed by atoms with E-state index in [1.54, 1.807) is 12.1 Å². The average molecular weight is 249 g/mol. The zero-order chi connectivity index (χ0) is 13.1. The average Bonchev–Trinajstić information content (AvgIpc) is 2.39. The molecule has 2 unspecified atom stereocenters. The highest BCUT2D eigenvalue weighted by molar-refractivity contribution is 5.92. The molecule has 1 aliphatic heterocycles. The van der Waals surface area contributed by atoms with Crippen LogP contribution in [0, 0.1) is 0 Å². The van der Waals surface area contributed by atoms with Crippen LogP contribution in [0.15, 0.2) is 18.3 Å². The van der Waals surface area contributed by atoms with Crippen LogP contribution < -0.4 is 5.73 Å². The second kappa shape index (κ2) is 5.35. The predicted molar refractivity (Wildman–Crippen MR) is 69.2 cm³/mol. The number of amides is 1. The Morgan fingerprint density at radius 1 is 1.61 bits per heavy atom. The molecule has 0 aliphatic carbocycles. The number of pyridine rings is 1. The molecule has 1 saturated heterocycles. The van der Waals surface area contributed by atoms with Gasteiger partial charge in [-0.05, 0) is 25.5 Å². The van der Waals surface area contributed by atoms with Gasteiger partial charge in [0.1, 0.15) is 5.69 Å². The third-order valence-electron chi connectivity index (χ3n) is 3.21. The van der Waals surface area contributed by atoms with Crippen molar-refractivity contribution in [1.82, 2.24) is 9.88 Å². The van der Waals surface area contributed by atoms with Crippen molar-refractivity contribution in [2.24, 2.45) is 0 Å². The number of carbonyl (C=O) groups is 1. The van der Waals surface area contributed by atoms with Crippen LogP contribution in [0.4, 0.5) is 5.69 Å². The zero-order valence-corrected chi connectivity index (χ0v) is 10.8. The van der Waals surface area contributed by atoms with Crippen molar-refractivity contribution in [2.75, 3.05) is 18.9 Å². The number of carbonyl (C=O) groups excluding carboxylic acids is 1. The number of aromatic nitrogens is 1. The van der Waals surface area contributed by atoms with E-state index in [4.69, 9.17) is 10.5 Å². The van der Waals surface area contributed by atoms with Gasteiger partial charge in [-0.1, -0.05) is 6.92 Å². The van der Waals surface area contributed by atoms with Gasteiger partial charge in [0.25, 0.3) is 5.91 Å². The first-order chi connectivity index (χ1) is 8.61. The fourth-order valence-electron chi connectivity index (χ4n) is 2.11. The summed E-state index contributed by atoms with van der Waals surface area (Å²) in [6.07, 6.45) is 2.47. The number of anilines is 1. The Hall–Kier alpha value is -1.62. The van der Waals surface area contributed by atoms with E-state index in [9.17, 15) is 4.79 Å². The lowest BCUT2D eigenvalue weighted by molar-refractivity contribution is -0.0445. The second-order valence-corrected chi connectivity index (χ2v) is 4.64. The molecule has 0 aromatic carbocycles. The second-order valence-electron chi connectivity index (χ2n) is 4.64. The number of hydrogen-bond donors (Lipinski definition) is 1. The molecule has 0 saturated carbocycles. The lowest BCUT2D eigenvalue weighted by Gasteiger charge is -2.38. The Balaban J connectivity index is 2.17. The van der Waals surface area contributed by atoms with Crippen molar-refractivity contribution in [3.8, 4) is 0 Å². The molecule has 98 valence electrons. The van der Waals surface area contributed by atoms with Gasteiger partial charge in [0, 0.05) is 6.54 Å². The monoisotopic (exact) mass is 249 g/mol. The summed E-state index contributed by atoms with van der Waals surface area (Å²) in [5.74, 6) is -0.0444. The van der Waals surface area contributed by atoms with Gasteiger partial charge in [-0.25, -0.2) is 4.98 Å². The summed E-state index contributed by atoms with van der Waals surface area (Å²) in [5, 5.41) is 0. The van der Waals surface area contributed by atoms with Gasteiger partial charge in [-0.3, -0.25) is 4.79 Å². The smallest absolute Gasteiger partial charge is 0.272 e. The summed E-state index contributed by atoms with van der Waals surface area (Å²) < 4.78 is 5.58. The van der Waals surface area contributed by atoms with E-state index in [0.29, 0.717) is 24.5 Å². The minimum Gasteiger partial charge on any atom is -0.397 e. The summed E-state index contributed by atoms with van der Waals surface area (Å²) in [6, 6.07) is 3.50. The van der Waals surface area contributed by atoms with Crippen molar-refractivity contribution in [2.45, 2.75) is 32.4 Å². The highest BCUT2D eigenvalue weighted by atomic mass is 16.5. The summed E-state index contributed by atoms with van der Waals surface area (Å²) in [4.78, 5) is 18.3. The molecule has 2 rings (SSSR count). The fourth-order valence-corrected chi connectivity index (χ4v) is 2.11. The van der Waals surface area contributed by atoms with Crippen molar-refractivity contribution < 1.29 is 9.53 Å². The fraction of sp³-hybridized carbons (Fsp3) is 0.538. The van der Waals surface area contributed by atoms with E-state index >= 15 is 0 Å². The molecule has 2 N–H and O–H groups in total. The highest BCUT2D eigenvalue weighted by Gasteiger charge is 2.30. The minimum atomic E-state index is -0.0444. The normalized spacial score (nSPS) is 24.0. The Kier molecular flexibility index (Phi) is 3.81. The standard InChI is InChI=1S/C13H19N3O2/c1-3-11-8-18-9(2)7-16(11)13(17)12-5-4-10(14)6-15-12/h4-6,9,11H,3,7-8,14H2,1-2H3. The van der Waals surface area contributed by atoms with Crippen molar-refractivity contribution >= 4 is 11.6 Å². The number of rotatable bonds is 2. The van der Waals surface area contributed by atoms with Crippen LogP contribution in [0.25, 0.3) is 0 Å². The summed E-state index contributed by atoms with van der Waals surface area (Å²) in [5.41, 5.74) is 6.58. The maximum absolute atomic E-state index is 12.4. The molecular weight excluding hydrogens is 230 g/mol. The first-order valence-corrected chi connectivity index (χ1v) is 6.26. The Morgan fingerprint density at radius 3 is 3.00 bits per heavy atom. The van der Waals surface area contributed by atoms with Crippen LogP contribution in [0.3, 0.4) is 0 Å². The van der Waals surface area contributed by atoms with Gasteiger partial charge >= 0.3 is 0 Å². The summed E-state index contributed by atoms with van der Waals surface area (Å²) >= 11 is 0. The SMILES string of the molecule is CCC1COC(C)CN1C(=O)c1ccc(N)cn1. The molecule has 2 atom stereocenters. The molecule has 1 aliphatic rings. The Labute approximate surface area is 107 Å². The molecule has 1 fully saturated rings. The highest BCUT2D eigenvalue weighted by Crippen LogP contribution is 2.17. The lowest BCUT2D eigenvalue weighted by atomic mass is 10.1. The van der Waals surface area contributed by atoms with Gasteiger partial charge in [-0.2, -0.15) is 0 Å². The van der Waals surface area contributed by atoms with E-state index in [1.165, 1.54) is 6.20 Å². The Morgan fingerprint density at radius 2 is 2.39 bits per heavy atom. The van der Waals surface area contributed by atoms with Crippen LogP contribution in [-0.4, -0.2) is 41.1 Å². The Bertz CT molecular complexity index is 419. The number of nitrogens with zero attached hydrogens (tertiary/aromatic N) is 2. The molecule has 0 spiro atoms. The quantitative estimate of drug-likeness (QED) is 0.858. The van der Waals surface area contributed by atoms with Crippen LogP contribution in [-0.2, 0) is 4.74 Å². The molecule has 1 amide bonds. The van der Waals surface area contributed by atoms with E-state index < -0.39 is 0 Å². The third-order valence-corrected chi connectivity index (χ3v) is 3.21. The number of ether oxygens (including phenoxy) is 1. The van der Waals surface area contributed by atoms with Crippen molar-refractivity contribution in [3.05, 3.63) is 24.0 Å². The number of morpholine rings is 1. The first-order valence-electron chi connectivity index (χ1n) is 6.26. The molecular formula is C13H19N3O2. The van der Waals surface area contributed by atoms with Gasteiger partial charge in [0.2, 0.25) is 0 Å². The minimum absolute atomic E-state index is 0.0444. The van der Waals surface area contributed by atoms with E-state index in [2.05, 4.69) is 11.9 Å².